The van der Waals surface area contributed by atoms with Gasteiger partial charge in [-0.25, -0.2) is 14.6 Å². The highest BCUT2D eigenvalue weighted by Gasteiger charge is 2.31. The van der Waals surface area contributed by atoms with Crippen molar-refractivity contribution >= 4 is 45.2 Å². The van der Waals surface area contributed by atoms with Crippen LogP contribution in [0.3, 0.4) is 0 Å². The molecule has 0 bridgehead atoms. The van der Waals surface area contributed by atoms with Gasteiger partial charge in [-0.05, 0) is 62.3 Å². The number of imidazole rings is 1. The molecule has 1 amide bonds. The number of carbonyl (C=O) groups excluding carboxylic acids is 3. The van der Waals surface area contributed by atoms with Crippen molar-refractivity contribution in [2.24, 2.45) is 5.92 Å². The van der Waals surface area contributed by atoms with Crippen molar-refractivity contribution in [3.05, 3.63) is 70.1 Å². The zero-order valence-electron chi connectivity index (χ0n) is 22.2. The largest absolute Gasteiger partial charge is 0.462 e. The molecule has 39 heavy (non-hydrogen) atoms. The number of aromatic amines is 1. The Kier molecular flexibility index (Phi) is 7.79. The standard InChI is InChI=1S/C30H31N3O5S/c1-4-23(27(34)33-28-25(30(36)37-5-2)20-13-11-17(3)15-24(20)39-28)38-29(35)19-12-14-21-22(16-19)32-26(31-21)18-9-7-6-8-10-18/h6-10,12,14,16-17,23H,4-5,11,13,15H2,1-3H3,(H,31,32)(H,33,34). The quantitative estimate of drug-likeness (QED) is 0.256. The van der Waals surface area contributed by atoms with Gasteiger partial charge in [0.05, 0.1) is 28.8 Å². The Hall–Kier alpha value is -3.98. The van der Waals surface area contributed by atoms with Gasteiger partial charge in [0.25, 0.3) is 5.91 Å². The second kappa shape index (κ2) is 11.4. The highest BCUT2D eigenvalue weighted by atomic mass is 32.1. The molecule has 0 saturated carbocycles. The third-order valence-electron chi connectivity index (χ3n) is 6.91. The van der Waals surface area contributed by atoms with Crippen LogP contribution in [0.4, 0.5) is 5.00 Å². The van der Waals surface area contributed by atoms with Crippen LogP contribution in [0.1, 0.15) is 64.8 Å². The molecule has 2 aromatic carbocycles. The van der Waals surface area contributed by atoms with E-state index in [9.17, 15) is 14.4 Å². The Balaban J connectivity index is 1.33. The number of hydrogen-bond acceptors (Lipinski definition) is 7. The zero-order valence-corrected chi connectivity index (χ0v) is 23.0. The topological polar surface area (TPSA) is 110 Å². The van der Waals surface area contributed by atoms with Crippen LogP contribution < -0.4 is 5.32 Å². The first-order valence-corrected chi connectivity index (χ1v) is 14.1. The first kappa shape index (κ1) is 26.6. The average molecular weight is 546 g/mol. The second-order valence-corrected chi connectivity index (χ2v) is 10.9. The second-order valence-electron chi connectivity index (χ2n) is 9.75. The predicted octanol–water partition coefficient (Wildman–Crippen LogP) is 6.17. The summed E-state index contributed by atoms with van der Waals surface area (Å²) in [5.41, 5.74) is 4.05. The normalized spacial score (nSPS) is 15.4. The molecule has 4 aromatic rings. The summed E-state index contributed by atoms with van der Waals surface area (Å²) in [6, 6.07) is 14.8. The average Bonchev–Trinajstić information content (AvgIpc) is 3.52. The number of carbonyl (C=O) groups is 3. The molecule has 8 nitrogen and oxygen atoms in total. The number of hydrogen-bond donors (Lipinski definition) is 2. The number of nitrogens with zero attached hydrogens (tertiary/aromatic N) is 1. The Morgan fingerprint density at radius 3 is 2.67 bits per heavy atom. The summed E-state index contributed by atoms with van der Waals surface area (Å²) < 4.78 is 10.9. The molecule has 0 saturated heterocycles. The van der Waals surface area contributed by atoms with Gasteiger partial charge in [-0.1, -0.05) is 44.2 Å². The maximum Gasteiger partial charge on any atom is 0.341 e. The van der Waals surface area contributed by atoms with Crippen LogP contribution in [0.2, 0.25) is 0 Å². The van der Waals surface area contributed by atoms with E-state index < -0.39 is 23.9 Å². The van der Waals surface area contributed by atoms with Gasteiger partial charge in [-0.15, -0.1) is 11.3 Å². The Bertz CT molecular complexity index is 1520. The van der Waals surface area contributed by atoms with Crippen molar-refractivity contribution in [2.45, 2.75) is 52.6 Å². The molecule has 2 N–H and O–H groups in total. The first-order chi connectivity index (χ1) is 18.9. The molecular formula is C30H31N3O5S. The minimum Gasteiger partial charge on any atom is -0.462 e. The number of benzene rings is 2. The minimum atomic E-state index is -1.03. The number of fused-ring (bicyclic) bond motifs is 2. The number of ether oxygens (including phenoxy) is 2. The van der Waals surface area contributed by atoms with Gasteiger partial charge < -0.3 is 19.8 Å². The van der Waals surface area contributed by atoms with E-state index in [4.69, 9.17) is 9.47 Å². The van der Waals surface area contributed by atoms with Gasteiger partial charge >= 0.3 is 11.9 Å². The summed E-state index contributed by atoms with van der Waals surface area (Å²) in [6.07, 6.45) is 1.86. The fourth-order valence-corrected chi connectivity index (χ4v) is 6.24. The van der Waals surface area contributed by atoms with E-state index in [0.717, 1.165) is 40.8 Å². The Morgan fingerprint density at radius 1 is 1.13 bits per heavy atom. The number of rotatable bonds is 8. The summed E-state index contributed by atoms with van der Waals surface area (Å²) in [6.45, 7) is 5.96. The molecule has 202 valence electrons. The molecule has 9 heteroatoms. The molecule has 0 radical (unpaired) electrons. The number of thiophene rings is 1. The molecule has 5 rings (SSSR count). The lowest BCUT2D eigenvalue weighted by Gasteiger charge is -2.18. The monoisotopic (exact) mass is 545 g/mol. The van der Waals surface area contributed by atoms with Gasteiger partial charge in [-0.2, -0.15) is 0 Å². The van der Waals surface area contributed by atoms with Crippen molar-refractivity contribution in [1.29, 1.82) is 0 Å². The fourth-order valence-electron chi connectivity index (χ4n) is 4.84. The summed E-state index contributed by atoms with van der Waals surface area (Å²) >= 11 is 1.41. The number of esters is 2. The van der Waals surface area contributed by atoms with Crippen molar-refractivity contribution in [3.63, 3.8) is 0 Å². The van der Waals surface area contributed by atoms with E-state index >= 15 is 0 Å². The molecule has 0 aliphatic heterocycles. The van der Waals surface area contributed by atoms with Crippen molar-refractivity contribution < 1.29 is 23.9 Å². The summed E-state index contributed by atoms with van der Waals surface area (Å²) in [5.74, 6) is -0.313. The highest BCUT2D eigenvalue weighted by Crippen LogP contribution is 2.40. The SMILES string of the molecule is CCOC(=O)c1c(NC(=O)C(CC)OC(=O)c2ccc3nc(-c4ccccc4)[nH]c3c2)sc2c1CCC(C)C2. The van der Waals surface area contributed by atoms with Gasteiger partial charge in [0.1, 0.15) is 10.8 Å². The summed E-state index contributed by atoms with van der Waals surface area (Å²) in [7, 11) is 0. The van der Waals surface area contributed by atoms with Gasteiger partial charge in [0.15, 0.2) is 6.10 Å². The molecule has 0 fully saturated rings. The maximum atomic E-state index is 13.2. The molecular weight excluding hydrogens is 514 g/mol. The van der Waals surface area contributed by atoms with Crippen LogP contribution in [0, 0.1) is 5.92 Å². The van der Waals surface area contributed by atoms with E-state index in [-0.39, 0.29) is 13.0 Å². The van der Waals surface area contributed by atoms with Crippen LogP contribution in [0.15, 0.2) is 48.5 Å². The molecule has 2 heterocycles. The minimum absolute atomic E-state index is 0.246. The van der Waals surface area contributed by atoms with Crippen LogP contribution in [-0.4, -0.2) is 40.5 Å². The predicted molar refractivity (Wildman–Crippen MR) is 151 cm³/mol. The lowest BCUT2D eigenvalue weighted by molar-refractivity contribution is -0.124. The lowest BCUT2D eigenvalue weighted by Crippen LogP contribution is -2.32. The Labute approximate surface area is 230 Å². The van der Waals surface area contributed by atoms with E-state index in [1.807, 2.05) is 30.3 Å². The zero-order chi connectivity index (χ0) is 27.5. The number of anilines is 1. The maximum absolute atomic E-state index is 13.2. The molecule has 1 aliphatic carbocycles. The summed E-state index contributed by atoms with van der Waals surface area (Å²) in [5, 5.41) is 3.32. The van der Waals surface area contributed by atoms with Crippen LogP contribution in [0.5, 0.6) is 0 Å². The van der Waals surface area contributed by atoms with Gasteiger partial charge in [0, 0.05) is 10.4 Å². The van der Waals surface area contributed by atoms with Crippen LogP contribution in [-0.2, 0) is 27.1 Å². The van der Waals surface area contributed by atoms with E-state index in [0.29, 0.717) is 33.4 Å². The smallest absolute Gasteiger partial charge is 0.341 e. The number of nitrogens with one attached hydrogen (secondary N) is 2. The van der Waals surface area contributed by atoms with E-state index in [2.05, 4.69) is 22.2 Å². The third-order valence-corrected chi connectivity index (χ3v) is 8.08. The van der Waals surface area contributed by atoms with E-state index in [1.165, 1.54) is 11.3 Å². The van der Waals surface area contributed by atoms with E-state index in [1.54, 1.807) is 32.0 Å². The number of amides is 1. The fraction of sp³-hybridized carbons (Fsp3) is 0.333. The van der Waals surface area contributed by atoms with Gasteiger partial charge in [0.2, 0.25) is 0 Å². The van der Waals surface area contributed by atoms with Crippen molar-refractivity contribution in [3.8, 4) is 11.4 Å². The first-order valence-electron chi connectivity index (χ1n) is 13.3. The molecule has 2 unspecified atom stereocenters. The third kappa shape index (κ3) is 5.59. The van der Waals surface area contributed by atoms with Crippen molar-refractivity contribution in [2.75, 3.05) is 11.9 Å². The Morgan fingerprint density at radius 2 is 1.92 bits per heavy atom. The van der Waals surface area contributed by atoms with Crippen LogP contribution >= 0.6 is 11.3 Å². The number of H-pyrrole nitrogens is 1. The summed E-state index contributed by atoms with van der Waals surface area (Å²) in [4.78, 5) is 48.0. The molecule has 2 atom stereocenters. The lowest BCUT2D eigenvalue weighted by atomic mass is 9.88. The number of aromatic nitrogens is 2. The van der Waals surface area contributed by atoms with Crippen LogP contribution in [0.25, 0.3) is 22.4 Å². The van der Waals surface area contributed by atoms with Gasteiger partial charge in [-0.3, -0.25) is 4.79 Å². The van der Waals surface area contributed by atoms with Crippen molar-refractivity contribution in [1.82, 2.24) is 9.97 Å². The highest BCUT2D eigenvalue weighted by molar-refractivity contribution is 7.17. The molecule has 1 aliphatic rings. The molecule has 0 spiro atoms. The molecule has 2 aromatic heterocycles.